The summed E-state index contributed by atoms with van der Waals surface area (Å²) in [4.78, 5) is 27.9. The van der Waals surface area contributed by atoms with Gasteiger partial charge in [-0.25, -0.2) is 9.59 Å². The number of rotatable bonds is 9. The summed E-state index contributed by atoms with van der Waals surface area (Å²) in [7, 11) is 0. The summed E-state index contributed by atoms with van der Waals surface area (Å²) < 4.78 is 11.9. The van der Waals surface area contributed by atoms with E-state index in [1.165, 1.54) is 135 Å². The zero-order valence-corrected chi connectivity index (χ0v) is 29.7. The monoisotopic (exact) mass is 631 g/mol. The summed E-state index contributed by atoms with van der Waals surface area (Å²) >= 11 is 0. The van der Waals surface area contributed by atoms with Gasteiger partial charge in [0.1, 0.15) is 0 Å². The second kappa shape index (κ2) is 21.5. The maximum Gasteiger partial charge on any atom is 0.337 e. The van der Waals surface area contributed by atoms with Crippen molar-refractivity contribution in [2.24, 2.45) is 23.2 Å². The largest absolute Gasteiger partial charge is 0.478 e. The molecular weight excluding hydrogens is 560 g/mol. The van der Waals surface area contributed by atoms with Crippen LogP contribution < -0.4 is 0 Å². The third kappa shape index (κ3) is 11.7. The van der Waals surface area contributed by atoms with E-state index in [9.17, 15) is 14.7 Å². The molecule has 3 aliphatic rings. The van der Waals surface area contributed by atoms with Crippen LogP contribution in [0.5, 0.6) is 0 Å². The van der Waals surface area contributed by atoms with E-state index in [4.69, 9.17) is 9.47 Å². The number of carboxylic acid groups (broad SMARTS) is 1. The summed E-state index contributed by atoms with van der Waals surface area (Å²) in [5.41, 5.74) is 0.283. The fraction of sp³-hybridized carbons (Fsp3) is 0.900. The number of hydrogen-bond donors (Lipinski definition) is 1. The fourth-order valence-corrected chi connectivity index (χ4v) is 9.71. The van der Waals surface area contributed by atoms with Crippen molar-refractivity contribution in [3.63, 3.8) is 0 Å². The minimum absolute atomic E-state index is 0.231. The highest BCUT2D eigenvalue weighted by Crippen LogP contribution is 2.59. The van der Waals surface area contributed by atoms with Gasteiger partial charge >= 0.3 is 11.9 Å². The lowest BCUT2D eigenvalue weighted by molar-refractivity contribution is -0.173. The highest BCUT2D eigenvalue weighted by molar-refractivity contribution is 6.00. The Morgan fingerprint density at radius 3 is 1.16 bits per heavy atom. The van der Waals surface area contributed by atoms with Crippen LogP contribution in [0.3, 0.4) is 0 Å². The van der Waals surface area contributed by atoms with Gasteiger partial charge in [0.05, 0.1) is 5.57 Å². The Labute approximate surface area is 277 Å². The summed E-state index contributed by atoms with van der Waals surface area (Å²) in [6.07, 6.45) is 32.1. The van der Waals surface area contributed by atoms with Crippen molar-refractivity contribution < 1.29 is 24.2 Å². The number of carboxylic acids is 1. The van der Waals surface area contributed by atoms with E-state index in [1.807, 2.05) is 6.92 Å². The van der Waals surface area contributed by atoms with Crippen LogP contribution in [-0.2, 0) is 19.1 Å². The van der Waals surface area contributed by atoms with Gasteiger partial charge in [-0.2, -0.15) is 0 Å². The Hall–Kier alpha value is -1.36. The molecule has 0 bridgehead atoms. The molecular formula is C40H70O5. The minimum Gasteiger partial charge on any atom is -0.478 e. The molecule has 0 spiro atoms. The number of carbonyl (C=O) groups excluding carboxylic acids is 1. The Morgan fingerprint density at radius 1 is 0.600 bits per heavy atom. The molecule has 3 fully saturated rings. The summed E-state index contributed by atoms with van der Waals surface area (Å²) in [6.45, 7) is 5.87. The van der Waals surface area contributed by atoms with Crippen molar-refractivity contribution in [1.29, 1.82) is 0 Å². The summed E-state index contributed by atoms with van der Waals surface area (Å²) in [5.74, 6) is -0.473. The summed E-state index contributed by atoms with van der Waals surface area (Å²) in [6, 6.07) is 0. The Balaban J connectivity index is 2.31. The first-order valence-corrected chi connectivity index (χ1v) is 19.7. The molecule has 0 aromatic carbocycles. The quantitative estimate of drug-likeness (QED) is 0.156. The van der Waals surface area contributed by atoms with E-state index in [-0.39, 0.29) is 5.57 Å². The van der Waals surface area contributed by atoms with Gasteiger partial charge in [0.25, 0.3) is 0 Å². The van der Waals surface area contributed by atoms with E-state index in [0.29, 0.717) is 29.9 Å². The Bertz CT molecular complexity index is 783. The molecule has 3 aliphatic carbocycles. The molecule has 5 nitrogen and oxygen atoms in total. The second-order valence-corrected chi connectivity index (χ2v) is 14.9. The lowest BCUT2D eigenvalue weighted by Gasteiger charge is -2.54. The van der Waals surface area contributed by atoms with Crippen LogP contribution in [0.2, 0.25) is 0 Å². The van der Waals surface area contributed by atoms with Crippen molar-refractivity contribution in [3.05, 3.63) is 11.1 Å². The molecule has 1 atom stereocenters. The molecule has 1 N–H and O–H groups in total. The van der Waals surface area contributed by atoms with Gasteiger partial charge in [-0.15, -0.1) is 0 Å². The van der Waals surface area contributed by atoms with E-state index in [2.05, 4.69) is 0 Å². The van der Waals surface area contributed by atoms with Crippen LogP contribution >= 0.6 is 0 Å². The molecule has 260 valence electrons. The van der Waals surface area contributed by atoms with E-state index in [1.54, 1.807) is 13.8 Å². The zero-order valence-electron chi connectivity index (χ0n) is 29.7. The van der Waals surface area contributed by atoms with E-state index < -0.39 is 23.6 Å². The van der Waals surface area contributed by atoms with Gasteiger partial charge in [0.15, 0.2) is 6.29 Å². The van der Waals surface area contributed by atoms with Crippen molar-refractivity contribution in [2.45, 2.75) is 200 Å². The lowest BCUT2D eigenvalue weighted by Crippen LogP contribution is -2.50. The van der Waals surface area contributed by atoms with Gasteiger partial charge in [-0.1, -0.05) is 135 Å². The van der Waals surface area contributed by atoms with Gasteiger partial charge < -0.3 is 14.6 Å². The molecule has 3 rings (SSSR count). The zero-order chi connectivity index (χ0) is 32.3. The summed E-state index contributed by atoms with van der Waals surface area (Å²) in [5, 5.41) is 10.7. The predicted molar refractivity (Wildman–Crippen MR) is 185 cm³/mol. The molecule has 5 heteroatoms. The molecule has 0 saturated heterocycles. The van der Waals surface area contributed by atoms with Crippen molar-refractivity contribution in [1.82, 2.24) is 0 Å². The number of ether oxygens (including phenoxy) is 2. The maximum atomic E-state index is 14.8. The standard InChI is InChI=1S/C40H70O5/c1-4-44-33(3)45-39(43)37(32(2)38(41)42)40(34-26-20-14-8-5-9-15-21-27-34,35-28-22-16-10-6-11-17-23-29-35)36-30-24-18-12-7-13-19-25-31-36/h33-36H,4-31H2,1-3H3,(H,41,42)/b37-32-. The smallest absolute Gasteiger partial charge is 0.337 e. The predicted octanol–water partition coefficient (Wildman–Crippen LogP) is 11.7. The first kappa shape index (κ1) is 38.1. The molecule has 45 heavy (non-hydrogen) atoms. The van der Waals surface area contributed by atoms with E-state index in [0.717, 1.165) is 38.5 Å². The first-order chi connectivity index (χ1) is 21.9. The Kier molecular flexibility index (Phi) is 18.2. The van der Waals surface area contributed by atoms with Gasteiger partial charge in [0, 0.05) is 17.6 Å². The minimum atomic E-state index is -0.963. The number of aliphatic carboxylic acids is 1. The normalized spacial score (nSPS) is 23.7. The van der Waals surface area contributed by atoms with Crippen molar-refractivity contribution in [3.8, 4) is 0 Å². The number of esters is 1. The third-order valence-electron chi connectivity index (χ3n) is 11.8. The van der Waals surface area contributed by atoms with Gasteiger partial charge in [0.2, 0.25) is 0 Å². The maximum absolute atomic E-state index is 14.8. The molecule has 0 heterocycles. The molecule has 3 saturated carbocycles. The van der Waals surface area contributed by atoms with Crippen LogP contribution in [0.25, 0.3) is 0 Å². The van der Waals surface area contributed by atoms with Crippen molar-refractivity contribution in [2.75, 3.05) is 6.61 Å². The molecule has 0 amide bonds. The van der Waals surface area contributed by atoms with Crippen LogP contribution in [0, 0.1) is 23.2 Å². The molecule has 0 aromatic rings. The molecule has 0 aromatic heterocycles. The molecule has 0 radical (unpaired) electrons. The van der Waals surface area contributed by atoms with Crippen LogP contribution in [0.1, 0.15) is 194 Å². The topological polar surface area (TPSA) is 72.8 Å². The van der Waals surface area contributed by atoms with E-state index >= 15 is 0 Å². The third-order valence-corrected chi connectivity index (χ3v) is 11.8. The number of hydrogen-bond acceptors (Lipinski definition) is 4. The molecule has 1 unspecified atom stereocenters. The van der Waals surface area contributed by atoms with Gasteiger partial charge in [-0.3, -0.25) is 0 Å². The lowest BCUT2D eigenvalue weighted by atomic mass is 9.49. The van der Waals surface area contributed by atoms with Crippen LogP contribution in [-0.4, -0.2) is 29.9 Å². The number of carbonyl (C=O) groups is 2. The fourth-order valence-electron chi connectivity index (χ4n) is 9.71. The van der Waals surface area contributed by atoms with Crippen LogP contribution in [0.15, 0.2) is 11.1 Å². The SMILES string of the molecule is CCOC(C)OC(=O)/C(=C(\C)C(=O)O)C(C1CCCCCCCCC1)(C1CCCCCCCCC1)C1CCCCCCCCC1. The highest BCUT2D eigenvalue weighted by atomic mass is 16.7. The van der Waals surface area contributed by atoms with Crippen molar-refractivity contribution >= 4 is 11.9 Å². The molecule has 0 aliphatic heterocycles. The van der Waals surface area contributed by atoms with Gasteiger partial charge in [-0.05, 0) is 77.0 Å². The van der Waals surface area contributed by atoms with Crippen LogP contribution in [0.4, 0.5) is 0 Å². The average Bonchev–Trinajstić information content (AvgIpc) is 3.03. The average molecular weight is 631 g/mol. The Morgan fingerprint density at radius 2 is 0.889 bits per heavy atom. The highest BCUT2D eigenvalue weighted by Gasteiger charge is 2.55. The first-order valence-electron chi connectivity index (χ1n) is 19.7. The second-order valence-electron chi connectivity index (χ2n) is 14.9.